The molecule has 0 aliphatic heterocycles. The molecule has 4 heteroatoms. The Morgan fingerprint density at radius 1 is 1.28 bits per heavy atom. The van der Waals surface area contributed by atoms with Gasteiger partial charge in [-0.25, -0.2) is 5.84 Å². The largest absolute Gasteiger partial charge is 0.293 e. The van der Waals surface area contributed by atoms with Crippen molar-refractivity contribution in [1.29, 1.82) is 0 Å². The summed E-state index contributed by atoms with van der Waals surface area (Å²) in [6.45, 7) is 1.98. The lowest BCUT2D eigenvalue weighted by atomic mass is 10.1. The first kappa shape index (κ1) is 12.9. The zero-order valence-electron chi connectivity index (χ0n) is 10.2. The maximum Gasteiger partial charge on any atom is 0.247 e. The molecule has 0 fully saturated rings. The summed E-state index contributed by atoms with van der Waals surface area (Å²) in [7, 11) is 0. The summed E-state index contributed by atoms with van der Waals surface area (Å²) in [6.07, 6.45) is 0.751. The first-order chi connectivity index (χ1) is 8.74. The molecule has 3 N–H and O–H groups in total. The van der Waals surface area contributed by atoms with Crippen LogP contribution in [0.5, 0.6) is 0 Å². The average molecular weight is 260 g/mol. The number of amides is 1. The molecule has 0 radical (unpaired) electrons. The maximum atomic E-state index is 11.6. The van der Waals surface area contributed by atoms with E-state index in [0.29, 0.717) is 0 Å². The van der Waals surface area contributed by atoms with Crippen molar-refractivity contribution in [1.82, 2.24) is 5.43 Å². The zero-order chi connectivity index (χ0) is 13.0. The minimum absolute atomic E-state index is 0.129. The van der Waals surface area contributed by atoms with Gasteiger partial charge in [0.25, 0.3) is 0 Å². The first-order valence-electron chi connectivity index (χ1n) is 5.90. The maximum absolute atomic E-state index is 11.6. The second-order valence-corrected chi connectivity index (χ2v) is 5.31. The van der Waals surface area contributed by atoms with Gasteiger partial charge in [0, 0.05) is 4.90 Å². The van der Waals surface area contributed by atoms with E-state index in [4.69, 9.17) is 5.84 Å². The van der Waals surface area contributed by atoms with Gasteiger partial charge in [-0.1, -0.05) is 37.3 Å². The van der Waals surface area contributed by atoms with Crippen LogP contribution in [0.4, 0.5) is 0 Å². The lowest BCUT2D eigenvalue weighted by molar-refractivity contribution is -0.120. The van der Waals surface area contributed by atoms with Gasteiger partial charge in [0.2, 0.25) is 5.91 Å². The molecule has 1 unspecified atom stereocenters. The minimum atomic E-state index is -0.142. The van der Waals surface area contributed by atoms with Crippen LogP contribution >= 0.6 is 11.8 Å². The van der Waals surface area contributed by atoms with Gasteiger partial charge in [0.15, 0.2) is 0 Å². The van der Waals surface area contributed by atoms with Crippen molar-refractivity contribution in [3.63, 3.8) is 0 Å². The fourth-order valence-electron chi connectivity index (χ4n) is 1.82. The molecule has 3 nitrogen and oxygen atoms in total. The highest BCUT2D eigenvalue weighted by atomic mass is 32.2. The Morgan fingerprint density at radius 3 is 2.67 bits per heavy atom. The number of hydrogen-bond donors (Lipinski definition) is 2. The lowest BCUT2D eigenvalue weighted by Crippen LogP contribution is -2.37. The van der Waals surface area contributed by atoms with E-state index in [1.807, 2.05) is 25.1 Å². The number of rotatable bonds is 4. The van der Waals surface area contributed by atoms with Crippen LogP contribution in [0.3, 0.4) is 0 Å². The molecule has 0 aliphatic carbocycles. The van der Waals surface area contributed by atoms with E-state index in [1.54, 1.807) is 11.8 Å². The van der Waals surface area contributed by atoms with Crippen molar-refractivity contribution in [3.8, 4) is 0 Å². The van der Waals surface area contributed by atoms with E-state index in [1.165, 1.54) is 10.8 Å². The molecule has 0 aliphatic rings. The van der Waals surface area contributed by atoms with E-state index < -0.39 is 0 Å². The summed E-state index contributed by atoms with van der Waals surface area (Å²) in [5.74, 6) is 5.05. The van der Waals surface area contributed by atoms with E-state index >= 15 is 0 Å². The Hall–Kier alpha value is -1.52. The molecule has 0 bridgehead atoms. The smallest absolute Gasteiger partial charge is 0.247 e. The Labute approximate surface area is 111 Å². The Balaban J connectivity index is 2.23. The van der Waals surface area contributed by atoms with Crippen molar-refractivity contribution < 1.29 is 4.79 Å². The fraction of sp³-hybridized carbons (Fsp3) is 0.214. The molecule has 2 rings (SSSR count). The number of fused-ring (bicyclic) bond motifs is 1. The van der Waals surface area contributed by atoms with Crippen LogP contribution in [0.25, 0.3) is 10.8 Å². The lowest BCUT2D eigenvalue weighted by Gasteiger charge is -2.12. The Bertz CT molecular complexity index is 556. The summed E-state index contributed by atoms with van der Waals surface area (Å²) >= 11 is 1.54. The average Bonchev–Trinajstić information content (AvgIpc) is 2.43. The van der Waals surface area contributed by atoms with Crippen LogP contribution in [-0.4, -0.2) is 11.2 Å². The Kier molecular flexibility index (Phi) is 4.23. The second-order valence-electron chi connectivity index (χ2n) is 4.03. The van der Waals surface area contributed by atoms with Gasteiger partial charge in [0.05, 0.1) is 5.25 Å². The summed E-state index contributed by atoms with van der Waals surface area (Å²) in [5, 5.41) is 2.25. The van der Waals surface area contributed by atoms with Crippen LogP contribution < -0.4 is 11.3 Å². The van der Waals surface area contributed by atoms with Crippen molar-refractivity contribution in [2.24, 2.45) is 5.84 Å². The second kappa shape index (κ2) is 5.89. The highest BCUT2D eigenvalue weighted by molar-refractivity contribution is 8.00. The van der Waals surface area contributed by atoms with E-state index in [2.05, 4.69) is 29.7 Å². The van der Waals surface area contributed by atoms with Gasteiger partial charge >= 0.3 is 0 Å². The molecule has 0 spiro atoms. The minimum Gasteiger partial charge on any atom is -0.293 e. The molecule has 1 atom stereocenters. The number of carbonyl (C=O) groups is 1. The number of thioether (sulfide) groups is 1. The van der Waals surface area contributed by atoms with E-state index in [0.717, 1.165) is 11.3 Å². The molecule has 1 amide bonds. The van der Waals surface area contributed by atoms with E-state index in [9.17, 15) is 4.79 Å². The van der Waals surface area contributed by atoms with Crippen LogP contribution in [0.2, 0.25) is 0 Å². The van der Waals surface area contributed by atoms with E-state index in [-0.39, 0.29) is 11.2 Å². The van der Waals surface area contributed by atoms with Crippen molar-refractivity contribution >= 4 is 28.4 Å². The normalized spacial score (nSPS) is 12.3. The Morgan fingerprint density at radius 2 is 2.00 bits per heavy atom. The molecule has 18 heavy (non-hydrogen) atoms. The molecule has 0 saturated heterocycles. The van der Waals surface area contributed by atoms with Gasteiger partial charge in [0.1, 0.15) is 0 Å². The highest BCUT2D eigenvalue weighted by Crippen LogP contribution is 2.28. The number of carbonyl (C=O) groups excluding carboxylic acids is 1. The molecule has 2 aromatic carbocycles. The number of nitrogens with two attached hydrogens (primary N) is 1. The number of hydrogen-bond acceptors (Lipinski definition) is 3. The third-order valence-electron chi connectivity index (χ3n) is 2.80. The molecule has 94 valence electrons. The first-order valence-corrected chi connectivity index (χ1v) is 6.78. The predicted molar refractivity (Wildman–Crippen MR) is 76.2 cm³/mol. The molecule has 0 heterocycles. The fourth-order valence-corrected chi connectivity index (χ4v) is 2.83. The molecular weight excluding hydrogens is 244 g/mol. The summed E-state index contributed by atoms with van der Waals surface area (Å²) in [4.78, 5) is 12.6. The van der Waals surface area contributed by atoms with Crippen molar-refractivity contribution in [2.45, 2.75) is 23.5 Å². The number of nitrogens with one attached hydrogen (secondary N) is 1. The van der Waals surface area contributed by atoms with Crippen LogP contribution in [0, 0.1) is 0 Å². The predicted octanol–water partition coefficient (Wildman–Crippen LogP) is 2.70. The van der Waals surface area contributed by atoms with Crippen LogP contribution in [0.15, 0.2) is 47.4 Å². The summed E-state index contributed by atoms with van der Waals surface area (Å²) in [5.41, 5.74) is 2.21. The summed E-state index contributed by atoms with van der Waals surface area (Å²) < 4.78 is 0. The third kappa shape index (κ3) is 2.83. The van der Waals surface area contributed by atoms with Crippen molar-refractivity contribution in [3.05, 3.63) is 42.5 Å². The van der Waals surface area contributed by atoms with Gasteiger partial charge < -0.3 is 0 Å². The van der Waals surface area contributed by atoms with Crippen LogP contribution in [-0.2, 0) is 4.79 Å². The monoisotopic (exact) mass is 260 g/mol. The SMILES string of the molecule is CCC(Sc1ccc2ccccc2c1)C(=O)NN. The van der Waals surface area contributed by atoms with Gasteiger partial charge in [-0.15, -0.1) is 11.8 Å². The van der Waals surface area contributed by atoms with Gasteiger partial charge in [-0.2, -0.15) is 0 Å². The molecule has 0 aromatic heterocycles. The zero-order valence-corrected chi connectivity index (χ0v) is 11.0. The summed E-state index contributed by atoms with van der Waals surface area (Å²) in [6, 6.07) is 14.4. The molecular formula is C14H16N2OS. The van der Waals surface area contributed by atoms with Crippen LogP contribution in [0.1, 0.15) is 13.3 Å². The third-order valence-corrected chi connectivity index (χ3v) is 4.16. The standard InChI is InChI=1S/C14H16N2OS/c1-2-13(14(17)16-15)18-12-8-7-10-5-3-4-6-11(10)9-12/h3-9,13H,2,15H2,1H3,(H,16,17). The molecule has 2 aromatic rings. The van der Waals surface area contributed by atoms with Gasteiger partial charge in [-0.3, -0.25) is 10.2 Å². The topological polar surface area (TPSA) is 55.1 Å². The van der Waals surface area contributed by atoms with Gasteiger partial charge in [-0.05, 0) is 29.3 Å². The highest BCUT2D eigenvalue weighted by Gasteiger charge is 2.16. The number of hydrazine groups is 1. The number of benzene rings is 2. The van der Waals surface area contributed by atoms with Crippen molar-refractivity contribution in [2.75, 3.05) is 0 Å². The quantitative estimate of drug-likeness (QED) is 0.384. The molecule has 0 saturated carbocycles.